The number of nitrogens with zero attached hydrogens (tertiary/aromatic N) is 3. The van der Waals surface area contributed by atoms with Gasteiger partial charge in [0.1, 0.15) is 0 Å². The number of piperazine rings is 1. The molecule has 2 rings (SSSR count). The van der Waals surface area contributed by atoms with Crippen LogP contribution in [-0.4, -0.2) is 54.2 Å². The summed E-state index contributed by atoms with van der Waals surface area (Å²) in [6.07, 6.45) is 0. The molecule has 0 aliphatic carbocycles. The first kappa shape index (κ1) is 14.0. The van der Waals surface area contributed by atoms with E-state index in [9.17, 15) is 0 Å². The van der Waals surface area contributed by atoms with Gasteiger partial charge in [-0.2, -0.15) is 5.26 Å². The molecule has 1 aromatic carbocycles. The maximum atomic E-state index is 8.92. The Morgan fingerprint density at radius 2 is 1.89 bits per heavy atom. The van der Waals surface area contributed by atoms with Crippen molar-refractivity contribution in [3.8, 4) is 6.07 Å². The van der Waals surface area contributed by atoms with E-state index in [0.717, 1.165) is 44.8 Å². The highest BCUT2D eigenvalue weighted by Crippen LogP contribution is 2.14. The standard InChI is InChI=1S/C15H21N3O/c1-13-10-14(11-16)2-3-15(13)12-18-6-4-17(5-7-18)8-9-19/h2-3,10,19H,4-9,12H2,1H3. The van der Waals surface area contributed by atoms with Crippen LogP contribution in [0.5, 0.6) is 0 Å². The third kappa shape index (κ3) is 3.77. The lowest BCUT2D eigenvalue weighted by Crippen LogP contribution is -2.46. The normalized spacial score (nSPS) is 17.3. The van der Waals surface area contributed by atoms with E-state index in [-0.39, 0.29) is 6.61 Å². The molecule has 19 heavy (non-hydrogen) atoms. The van der Waals surface area contributed by atoms with Crippen molar-refractivity contribution in [3.63, 3.8) is 0 Å². The van der Waals surface area contributed by atoms with Crippen LogP contribution in [0.2, 0.25) is 0 Å². The molecule has 1 saturated heterocycles. The Labute approximate surface area is 114 Å². The molecular formula is C15H21N3O. The van der Waals surface area contributed by atoms with Gasteiger partial charge in [-0.15, -0.1) is 0 Å². The SMILES string of the molecule is Cc1cc(C#N)ccc1CN1CCN(CCO)CC1. The van der Waals surface area contributed by atoms with Crippen LogP contribution in [0.4, 0.5) is 0 Å². The zero-order chi connectivity index (χ0) is 13.7. The number of aliphatic hydroxyl groups is 1. The molecule has 1 aliphatic rings. The molecule has 4 heteroatoms. The summed E-state index contributed by atoms with van der Waals surface area (Å²) in [5.41, 5.74) is 3.22. The number of rotatable bonds is 4. The molecule has 0 spiro atoms. The summed E-state index contributed by atoms with van der Waals surface area (Å²) in [4.78, 5) is 4.73. The first-order valence-corrected chi connectivity index (χ1v) is 6.78. The van der Waals surface area contributed by atoms with Gasteiger partial charge in [-0.3, -0.25) is 9.80 Å². The van der Waals surface area contributed by atoms with E-state index in [4.69, 9.17) is 10.4 Å². The lowest BCUT2D eigenvalue weighted by atomic mass is 10.0. The Kier molecular flexibility index (Phi) is 4.92. The highest BCUT2D eigenvalue weighted by atomic mass is 16.3. The average Bonchev–Trinajstić information content (AvgIpc) is 2.43. The molecule has 0 aromatic heterocycles. The molecule has 0 unspecified atom stereocenters. The second-order valence-electron chi connectivity index (χ2n) is 5.09. The lowest BCUT2D eigenvalue weighted by Gasteiger charge is -2.34. The predicted molar refractivity (Wildman–Crippen MR) is 74.7 cm³/mol. The van der Waals surface area contributed by atoms with E-state index in [2.05, 4.69) is 28.9 Å². The van der Waals surface area contributed by atoms with Crippen LogP contribution in [0.3, 0.4) is 0 Å². The van der Waals surface area contributed by atoms with Gasteiger partial charge in [0.15, 0.2) is 0 Å². The van der Waals surface area contributed by atoms with E-state index in [1.807, 2.05) is 12.1 Å². The third-order valence-corrected chi connectivity index (χ3v) is 3.75. The van der Waals surface area contributed by atoms with Crippen LogP contribution in [0.1, 0.15) is 16.7 Å². The average molecular weight is 259 g/mol. The monoisotopic (exact) mass is 259 g/mol. The number of nitriles is 1. The Balaban J connectivity index is 1.91. The van der Waals surface area contributed by atoms with Crippen molar-refractivity contribution in [2.24, 2.45) is 0 Å². The second kappa shape index (κ2) is 6.67. The fourth-order valence-corrected chi connectivity index (χ4v) is 2.50. The van der Waals surface area contributed by atoms with E-state index in [1.54, 1.807) is 0 Å². The topological polar surface area (TPSA) is 50.5 Å². The van der Waals surface area contributed by atoms with Gasteiger partial charge in [0.2, 0.25) is 0 Å². The van der Waals surface area contributed by atoms with Crippen molar-refractivity contribution in [1.82, 2.24) is 9.80 Å². The zero-order valence-corrected chi connectivity index (χ0v) is 11.5. The first-order chi connectivity index (χ1) is 9.22. The van der Waals surface area contributed by atoms with Crippen molar-refractivity contribution >= 4 is 0 Å². The summed E-state index contributed by atoms with van der Waals surface area (Å²) in [5.74, 6) is 0. The van der Waals surface area contributed by atoms with Crippen molar-refractivity contribution in [3.05, 3.63) is 34.9 Å². The Morgan fingerprint density at radius 1 is 1.21 bits per heavy atom. The summed E-state index contributed by atoms with van der Waals surface area (Å²) in [6, 6.07) is 8.09. The molecule has 1 aliphatic heterocycles. The Hall–Kier alpha value is -1.41. The molecule has 0 saturated carbocycles. The molecule has 1 fully saturated rings. The Morgan fingerprint density at radius 3 is 2.47 bits per heavy atom. The molecule has 0 bridgehead atoms. The molecule has 1 heterocycles. The summed E-state index contributed by atoms with van der Waals surface area (Å²) in [5, 5.41) is 17.8. The number of hydrogen-bond donors (Lipinski definition) is 1. The van der Waals surface area contributed by atoms with Crippen molar-refractivity contribution < 1.29 is 5.11 Å². The fourth-order valence-electron chi connectivity index (χ4n) is 2.50. The second-order valence-corrected chi connectivity index (χ2v) is 5.09. The van der Waals surface area contributed by atoms with Crippen LogP contribution in [0.15, 0.2) is 18.2 Å². The largest absolute Gasteiger partial charge is 0.395 e. The third-order valence-electron chi connectivity index (χ3n) is 3.75. The van der Waals surface area contributed by atoms with Gasteiger partial charge in [0.25, 0.3) is 0 Å². The molecular weight excluding hydrogens is 238 g/mol. The minimum atomic E-state index is 0.245. The summed E-state index contributed by atoms with van der Waals surface area (Å²) < 4.78 is 0. The number of β-amino-alcohol motifs (C(OH)–C–C–N with tert-alkyl or cyclic N) is 1. The van der Waals surface area contributed by atoms with Crippen LogP contribution in [0.25, 0.3) is 0 Å². The minimum Gasteiger partial charge on any atom is -0.395 e. The Bertz CT molecular complexity index is 459. The van der Waals surface area contributed by atoms with Crippen molar-refractivity contribution in [1.29, 1.82) is 5.26 Å². The number of aryl methyl sites for hydroxylation is 1. The maximum absolute atomic E-state index is 8.92. The summed E-state index contributed by atoms with van der Waals surface area (Å²) in [7, 11) is 0. The number of hydrogen-bond acceptors (Lipinski definition) is 4. The van der Waals surface area contributed by atoms with Crippen molar-refractivity contribution in [2.75, 3.05) is 39.3 Å². The zero-order valence-electron chi connectivity index (χ0n) is 11.5. The molecule has 102 valence electrons. The van der Waals surface area contributed by atoms with Gasteiger partial charge in [-0.05, 0) is 30.2 Å². The number of aliphatic hydroxyl groups excluding tert-OH is 1. The van der Waals surface area contributed by atoms with Crippen LogP contribution in [0, 0.1) is 18.3 Å². The van der Waals surface area contributed by atoms with Gasteiger partial charge in [0, 0.05) is 39.3 Å². The fraction of sp³-hybridized carbons (Fsp3) is 0.533. The van der Waals surface area contributed by atoms with Gasteiger partial charge in [-0.1, -0.05) is 6.07 Å². The molecule has 0 radical (unpaired) electrons. The molecule has 4 nitrogen and oxygen atoms in total. The van der Waals surface area contributed by atoms with Gasteiger partial charge in [-0.25, -0.2) is 0 Å². The van der Waals surface area contributed by atoms with E-state index < -0.39 is 0 Å². The first-order valence-electron chi connectivity index (χ1n) is 6.78. The molecule has 1 aromatic rings. The molecule has 0 atom stereocenters. The molecule has 1 N–H and O–H groups in total. The van der Waals surface area contributed by atoms with Gasteiger partial charge < -0.3 is 5.11 Å². The van der Waals surface area contributed by atoms with E-state index in [1.165, 1.54) is 11.1 Å². The quantitative estimate of drug-likeness (QED) is 0.875. The van der Waals surface area contributed by atoms with Gasteiger partial charge >= 0.3 is 0 Å². The smallest absolute Gasteiger partial charge is 0.0991 e. The number of benzene rings is 1. The van der Waals surface area contributed by atoms with Crippen molar-refractivity contribution in [2.45, 2.75) is 13.5 Å². The van der Waals surface area contributed by atoms with E-state index >= 15 is 0 Å². The molecule has 0 amide bonds. The van der Waals surface area contributed by atoms with Crippen LogP contribution >= 0.6 is 0 Å². The van der Waals surface area contributed by atoms with E-state index in [0.29, 0.717) is 0 Å². The predicted octanol–water partition coefficient (Wildman–Crippen LogP) is 0.977. The highest BCUT2D eigenvalue weighted by Gasteiger charge is 2.16. The maximum Gasteiger partial charge on any atom is 0.0991 e. The lowest BCUT2D eigenvalue weighted by molar-refractivity contribution is 0.108. The minimum absolute atomic E-state index is 0.245. The summed E-state index contributed by atoms with van der Waals surface area (Å²) >= 11 is 0. The van der Waals surface area contributed by atoms with Gasteiger partial charge in [0.05, 0.1) is 18.2 Å². The van der Waals surface area contributed by atoms with Crippen LogP contribution < -0.4 is 0 Å². The highest BCUT2D eigenvalue weighted by molar-refractivity contribution is 5.37. The summed E-state index contributed by atoms with van der Waals surface area (Å²) in [6.45, 7) is 8.17. The van der Waals surface area contributed by atoms with Crippen LogP contribution in [-0.2, 0) is 6.54 Å².